The van der Waals surface area contributed by atoms with Gasteiger partial charge in [-0.1, -0.05) is 0 Å². The molecule has 1 heterocycles. The lowest BCUT2D eigenvalue weighted by atomic mass is 10.2. The number of sulfone groups is 1. The quantitative estimate of drug-likeness (QED) is 0.585. The molecule has 5 heteroatoms. The van der Waals surface area contributed by atoms with Crippen LogP contribution in [0.4, 0.5) is 0 Å². The molecule has 0 unspecified atom stereocenters. The molecule has 0 amide bonds. The van der Waals surface area contributed by atoms with E-state index in [1.807, 2.05) is 4.90 Å². The van der Waals surface area contributed by atoms with Gasteiger partial charge in [-0.3, -0.25) is 4.90 Å². The summed E-state index contributed by atoms with van der Waals surface area (Å²) in [5, 5.41) is 8.86. The number of β-amino-alcohol motifs (C(OH)–C–C–N with tert-alkyl or cyclic N) is 1. The van der Waals surface area contributed by atoms with Crippen molar-refractivity contribution in [2.24, 2.45) is 0 Å². The van der Waals surface area contributed by atoms with E-state index in [1.165, 1.54) is 6.26 Å². The second-order valence-corrected chi connectivity index (χ2v) is 5.30. The molecule has 0 radical (unpaired) electrons. The molecule has 66 valence electrons. The molecule has 0 aromatic heterocycles. The van der Waals surface area contributed by atoms with E-state index in [4.69, 9.17) is 5.11 Å². The van der Waals surface area contributed by atoms with Crippen LogP contribution in [0.2, 0.25) is 0 Å². The van der Waals surface area contributed by atoms with E-state index in [-0.39, 0.29) is 11.9 Å². The van der Waals surface area contributed by atoms with Crippen LogP contribution in [-0.4, -0.2) is 56.2 Å². The Labute approximate surface area is 66.7 Å². The Balaban J connectivity index is 2.15. The number of nitrogens with zero attached hydrogens (tertiary/aromatic N) is 1. The molecular weight excluding hydrogens is 166 g/mol. The third-order valence-electron chi connectivity index (χ3n) is 1.72. The first-order valence-corrected chi connectivity index (χ1v) is 5.61. The molecular formula is C6H13NO3S. The molecule has 1 aliphatic rings. The van der Waals surface area contributed by atoms with E-state index in [2.05, 4.69) is 0 Å². The average Bonchev–Trinajstić information content (AvgIpc) is 1.75. The Hall–Kier alpha value is -0.130. The Morgan fingerprint density at radius 3 is 2.45 bits per heavy atom. The van der Waals surface area contributed by atoms with Crippen molar-refractivity contribution in [3.05, 3.63) is 0 Å². The minimum atomic E-state index is -2.84. The smallest absolute Gasteiger partial charge is 0.148 e. The van der Waals surface area contributed by atoms with Gasteiger partial charge in [0, 0.05) is 25.9 Å². The summed E-state index contributed by atoms with van der Waals surface area (Å²) in [4.78, 5) is 1.92. The van der Waals surface area contributed by atoms with Crippen LogP contribution in [0.15, 0.2) is 0 Å². The topological polar surface area (TPSA) is 57.6 Å². The lowest BCUT2D eigenvalue weighted by Gasteiger charge is -2.35. The minimum Gasteiger partial charge on any atom is -0.390 e. The number of likely N-dealkylation sites (tertiary alicyclic amines) is 1. The fourth-order valence-corrected chi connectivity index (χ4v) is 1.61. The van der Waals surface area contributed by atoms with Crippen molar-refractivity contribution in [1.82, 2.24) is 4.90 Å². The van der Waals surface area contributed by atoms with Gasteiger partial charge in [0.05, 0.1) is 11.9 Å². The maximum absolute atomic E-state index is 10.7. The van der Waals surface area contributed by atoms with Crippen LogP contribution < -0.4 is 0 Å². The first kappa shape index (κ1) is 8.96. The van der Waals surface area contributed by atoms with Crippen LogP contribution in [0.25, 0.3) is 0 Å². The van der Waals surface area contributed by atoms with Gasteiger partial charge in [-0.15, -0.1) is 0 Å². The minimum absolute atomic E-state index is 0.194. The zero-order chi connectivity index (χ0) is 8.48. The third-order valence-corrected chi connectivity index (χ3v) is 2.64. The second-order valence-electron chi connectivity index (χ2n) is 3.04. The van der Waals surface area contributed by atoms with Crippen molar-refractivity contribution >= 4 is 9.84 Å². The maximum atomic E-state index is 10.7. The van der Waals surface area contributed by atoms with Crippen molar-refractivity contribution in [3.63, 3.8) is 0 Å². The zero-order valence-corrected chi connectivity index (χ0v) is 7.34. The van der Waals surface area contributed by atoms with E-state index < -0.39 is 9.84 Å². The second kappa shape index (κ2) is 3.08. The number of aliphatic hydroxyl groups excluding tert-OH is 1. The average molecular weight is 179 g/mol. The van der Waals surface area contributed by atoms with Crippen LogP contribution in [0.1, 0.15) is 0 Å². The van der Waals surface area contributed by atoms with Gasteiger partial charge in [0.1, 0.15) is 9.84 Å². The monoisotopic (exact) mass is 179 g/mol. The highest BCUT2D eigenvalue weighted by atomic mass is 32.2. The fourth-order valence-electron chi connectivity index (χ4n) is 1.02. The van der Waals surface area contributed by atoms with Crippen LogP contribution in [0.3, 0.4) is 0 Å². The van der Waals surface area contributed by atoms with E-state index in [9.17, 15) is 8.42 Å². The van der Waals surface area contributed by atoms with E-state index in [1.54, 1.807) is 0 Å². The van der Waals surface area contributed by atoms with Gasteiger partial charge in [0.25, 0.3) is 0 Å². The first-order valence-electron chi connectivity index (χ1n) is 3.55. The molecule has 0 spiro atoms. The Morgan fingerprint density at radius 2 is 2.09 bits per heavy atom. The predicted octanol–water partition coefficient (Wildman–Crippen LogP) is -1.29. The summed E-state index contributed by atoms with van der Waals surface area (Å²) in [7, 11) is -2.84. The first-order chi connectivity index (χ1) is 4.97. The van der Waals surface area contributed by atoms with Crippen LogP contribution in [-0.2, 0) is 9.84 Å². The van der Waals surface area contributed by atoms with E-state index in [0.717, 1.165) is 0 Å². The standard InChI is InChI=1S/C6H13NO3S/c1-11(9,10)3-2-7-4-6(8)5-7/h6,8H,2-5H2,1H3. The van der Waals surface area contributed by atoms with Crippen molar-refractivity contribution in [2.45, 2.75) is 6.10 Å². The summed E-state index contributed by atoms with van der Waals surface area (Å²) in [5.41, 5.74) is 0. The molecule has 1 aliphatic heterocycles. The number of hydrogen-bond donors (Lipinski definition) is 1. The molecule has 0 aromatic carbocycles. The lowest BCUT2D eigenvalue weighted by molar-refractivity contribution is 0.00624. The van der Waals surface area contributed by atoms with Crippen molar-refractivity contribution in [3.8, 4) is 0 Å². The Kier molecular flexibility index (Phi) is 2.51. The highest BCUT2D eigenvalue weighted by molar-refractivity contribution is 7.90. The van der Waals surface area contributed by atoms with Gasteiger partial charge < -0.3 is 5.11 Å². The van der Waals surface area contributed by atoms with Gasteiger partial charge in [-0.25, -0.2) is 8.42 Å². The maximum Gasteiger partial charge on any atom is 0.148 e. The molecule has 1 saturated heterocycles. The summed E-state index contributed by atoms with van der Waals surface area (Å²) >= 11 is 0. The number of hydrogen-bond acceptors (Lipinski definition) is 4. The number of aliphatic hydroxyl groups is 1. The summed E-state index contributed by atoms with van der Waals surface area (Å²) < 4.78 is 21.3. The van der Waals surface area contributed by atoms with E-state index >= 15 is 0 Å². The zero-order valence-electron chi connectivity index (χ0n) is 6.52. The van der Waals surface area contributed by atoms with Crippen LogP contribution in [0, 0.1) is 0 Å². The molecule has 0 aliphatic carbocycles. The van der Waals surface area contributed by atoms with Crippen LogP contribution in [0.5, 0.6) is 0 Å². The van der Waals surface area contributed by atoms with Gasteiger partial charge >= 0.3 is 0 Å². The molecule has 0 atom stereocenters. The van der Waals surface area contributed by atoms with Crippen molar-refractivity contribution in [1.29, 1.82) is 0 Å². The van der Waals surface area contributed by atoms with E-state index in [0.29, 0.717) is 19.6 Å². The highest BCUT2D eigenvalue weighted by Crippen LogP contribution is 2.06. The molecule has 1 fully saturated rings. The van der Waals surface area contributed by atoms with Crippen molar-refractivity contribution in [2.75, 3.05) is 31.6 Å². The molecule has 4 nitrogen and oxygen atoms in total. The highest BCUT2D eigenvalue weighted by Gasteiger charge is 2.24. The summed E-state index contributed by atoms with van der Waals surface area (Å²) in [5.74, 6) is 0.194. The summed E-state index contributed by atoms with van der Waals surface area (Å²) in [6, 6.07) is 0. The largest absolute Gasteiger partial charge is 0.390 e. The lowest BCUT2D eigenvalue weighted by Crippen LogP contribution is -2.51. The summed E-state index contributed by atoms with van der Waals surface area (Å²) in [6.45, 7) is 1.79. The number of rotatable bonds is 3. The van der Waals surface area contributed by atoms with Gasteiger partial charge in [0.15, 0.2) is 0 Å². The van der Waals surface area contributed by atoms with Crippen LogP contribution >= 0.6 is 0 Å². The Morgan fingerprint density at radius 1 is 1.55 bits per heavy atom. The molecule has 0 bridgehead atoms. The molecule has 0 aromatic rings. The molecule has 0 saturated carbocycles. The normalized spacial score (nSPS) is 21.6. The SMILES string of the molecule is CS(=O)(=O)CCN1CC(O)C1. The van der Waals surface area contributed by atoms with Gasteiger partial charge in [-0.05, 0) is 0 Å². The Bertz CT molecular complexity index is 218. The van der Waals surface area contributed by atoms with Crippen molar-refractivity contribution < 1.29 is 13.5 Å². The molecule has 1 N–H and O–H groups in total. The molecule has 11 heavy (non-hydrogen) atoms. The predicted molar refractivity (Wildman–Crippen MR) is 42.2 cm³/mol. The van der Waals surface area contributed by atoms with Gasteiger partial charge in [0.2, 0.25) is 0 Å². The fraction of sp³-hybridized carbons (Fsp3) is 1.00. The van der Waals surface area contributed by atoms with Gasteiger partial charge in [-0.2, -0.15) is 0 Å². The molecule has 1 rings (SSSR count). The third kappa shape index (κ3) is 3.18. The summed E-state index contributed by atoms with van der Waals surface area (Å²) in [6.07, 6.45) is 0.984.